The number of benzene rings is 1. The molecule has 1 aromatic carbocycles. The fourth-order valence-corrected chi connectivity index (χ4v) is 5.22. The second-order valence-corrected chi connectivity index (χ2v) is 8.57. The number of nitrogens with zero attached hydrogens (tertiary/aromatic N) is 1. The molecular formula is C22H31NO2. The van der Waals surface area contributed by atoms with Gasteiger partial charge in [-0.3, -0.25) is 4.90 Å². The number of hydrogen-bond acceptors (Lipinski definition) is 3. The van der Waals surface area contributed by atoms with Crippen LogP contribution in [0.15, 0.2) is 22.6 Å². The van der Waals surface area contributed by atoms with E-state index in [0.717, 1.165) is 29.2 Å². The predicted molar refractivity (Wildman–Crippen MR) is 102 cm³/mol. The van der Waals surface area contributed by atoms with Gasteiger partial charge in [-0.05, 0) is 63.1 Å². The number of phenols is 1. The highest BCUT2D eigenvalue weighted by atomic mass is 16.3. The summed E-state index contributed by atoms with van der Waals surface area (Å²) >= 11 is 0. The molecule has 1 aromatic heterocycles. The van der Waals surface area contributed by atoms with Gasteiger partial charge >= 0.3 is 0 Å². The maximum Gasteiger partial charge on any atom is 0.134 e. The Labute approximate surface area is 151 Å². The highest BCUT2D eigenvalue weighted by Crippen LogP contribution is 2.46. The van der Waals surface area contributed by atoms with Crippen LogP contribution < -0.4 is 0 Å². The van der Waals surface area contributed by atoms with Crippen LogP contribution in [0.25, 0.3) is 11.0 Å². The first-order valence-electron chi connectivity index (χ1n) is 9.97. The van der Waals surface area contributed by atoms with Crippen LogP contribution in [-0.4, -0.2) is 28.6 Å². The van der Waals surface area contributed by atoms with Crippen LogP contribution in [0.5, 0.6) is 5.75 Å². The van der Waals surface area contributed by atoms with E-state index in [2.05, 4.69) is 32.6 Å². The summed E-state index contributed by atoms with van der Waals surface area (Å²) in [7, 11) is 0. The van der Waals surface area contributed by atoms with E-state index in [1.54, 1.807) is 6.07 Å². The van der Waals surface area contributed by atoms with Crippen LogP contribution in [0.3, 0.4) is 0 Å². The molecule has 1 saturated heterocycles. The molecule has 0 aliphatic carbocycles. The summed E-state index contributed by atoms with van der Waals surface area (Å²) in [5.41, 5.74) is 2.27. The molecule has 4 rings (SSSR count). The zero-order valence-electron chi connectivity index (χ0n) is 16.0. The molecule has 1 fully saturated rings. The molecule has 136 valence electrons. The molecular weight excluding hydrogens is 310 g/mol. The predicted octanol–water partition coefficient (Wildman–Crippen LogP) is 5.31. The normalized spacial score (nSPS) is 33.0. The van der Waals surface area contributed by atoms with Crippen molar-refractivity contribution < 1.29 is 9.52 Å². The van der Waals surface area contributed by atoms with Crippen molar-refractivity contribution in [3.8, 4) is 5.75 Å². The first-order valence-corrected chi connectivity index (χ1v) is 9.97. The minimum Gasteiger partial charge on any atom is -0.508 e. The highest BCUT2D eigenvalue weighted by molar-refractivity contribution is 5.84. The van der Waals surface area contributed by atoms with Crippen LogP contribution in [0.2, 0.25) is 0 Å². The van der Waals surface area contributed by atoms with Crippen molar-refractivity contribution in [3.05, 3.63) is 29.5 Å². The summed E-state index contributed by atoms with van der Waals surface area (Å²) < 4.78 is 6.37. The van der Waals surface area contributed by atoms with Crippen LogP contribution in [0.4, 0.5) is 0 Å². The van der Waals surface area contributed by atoms with Crippen LogP contribution >= 0.6 is 0 Å². The summed E-state index contributed by atoms with van der Waals surface area (Å²) in [5.74, 6) is 3.54. The Morgan fingerprint density at radius 2 is 2.12 bits per heavy atom. The van der Waals surface area contributed by atoms with Gasteiger partial charge in [0, 0.05) is 35.5 Å². The Bertz CT molecular complexity index is 765. The fraction of sp³-hybridized carbons (Fsp3) is 0.636. The van der Waals surface area contributed by atoms with Crippen molar-refractivity contribution >= 4 is 11.0 Å². The fourth-order valence-electron chi connectivity index (χ4n) is 5.22. The Hall–Kier alpha value is -1.48. The lowest BCUT2D eigenvalue weighted by atomic mass is 9.78. The minimum atomic E-state index is 0.332. The Morgan fingerprint density at radius 3 is 2.88 bits per heavy atom. The van der Waals surface area contributed by atoms with E-state index in [9.17, 15) is 5.11 Å². The Balaban J connectivity index is 1.76. The summed E-state index contributed by atoms with van der Waals surface area (Å²) in [4.78, 5) is 2.71. The lowest BCUT2D eigenvalue weighted by Crippen LogP contribution is -2.49. The number of aromatic hydroxyl groups is 1. The smallest absolute Gasteiger partial charge is 0.134 e. The Kier molecular flexibility index (Phi) is 4.31. The third kappa shape index (κ3) is 2.87. The van der Waals surface area contributed by atoms with Gasteiger partial charge in [-0.25, -0.2) is 0 Å². The van der Waals surface area contributed by atoms with Gasteiger partial charge in [0.1, 0.15) is 17.1 Å². The third-order valence-electron chi connectivity index (χ3n) is 6.80. The molecule has 6 atom stereocenters. The molecule has 3 heteroatoms. The number of fused-ring (bicyclic) bond motifs is 6. The van der Waals surface area contributed by atoms with Crippen molar-refractivity contribution in [1.29, 1.82) is 0 Å². The van der Waals surface area contributed by atoms with E-state index in [0.29, 0.717) is 23.8 Å². The molecule has 3 nitrogen and oxygen atoms in total. The van der Waals surface area contributed by atoms with Gasteiger partial charge in [0.05, 0.1) is 0 Å². The molecule has 2 aliphatic heterocycles. The standard InChI is InChI=1S/C22H31NO2/c1-5-13(2)8-16-10-18-15(4)23(12-16)14(3)9-20-19-11-17(24)6-7-21(19)25-22(18)20/h6-7,11,13-16,18,24H,5,8-10,12H2,1-4H3. The van der Waals surface area contributed by atoms with Gasteiger partial charge in [0.15, 0.2) is 0 Å². The SMILES string of the molecule is CCC(C)CC1CC2c3oc4ccc(O)cc4c3CC(C)N(C1)C2C. The first kappa shape index (κ1) is 17.0. The van der Waals surface area contributed by atoms with Gasteiger partial charge in [-0.1, -0.05) is 20.3 Å². The van der Waals surface area contributed by atoms with E-state index in [-0.39, 0.29) is 0 Å². The first-order chi connectivity index (χ1) is 12.0. The van der Waals surface area contributed by atoms with E-state index < -0.39 is 0 Å². The van der Waals surface area contributed by atoms with Crippen molar-refractivity contribution in [1.82, 2.24) is 4.90 Å². The zero-order chi connectivity index (χ0) is 17.7. The van der Waals surface area contributed by atoms with Gasteiger partial charge in [-0.15, -0.1) is 0 Å². The average Bonchev–Trinajstić information content (AvgIpc) is 2.91. The van der Waals surface area contributed by atoms with Crippen molar-refractivity contribution in [2.24, 2.45) is 11.8 Å². The molecule has 6 unspecified atom stereocenters. The topological polar surface area (TPSA) is 36.6 Å². The number of piperidine rings is 1. The highest BCUT2D eigenvalue weighted by Gasteiger charge is 2.42. The lowest BCUT2D eigenvalue weighted by molar-refractivity contribution is 0.0554. The quantitative estimate of drug-likeness (QED) is 0.821. The molecule has 0 saturated carbocycles. The van der Waals surface area contributed by atoms with Gasteiger partial charge in [0.25, 0.3) is 0 Å². The molecule has 25 heavy (non-hydrogen) atoms. The molecule has 2 aliphatic rings. The van der Waals surface area contributed by atoms with Crippen molar-refractivity contribution in [2.75, 3.05) is 6.54 Å². The van der Waals surface area contributed by atoms with E-state index in [1.165, 1.54) is 37.1 Å². The van der Waals surface area contributed by atoms with Crippen LogP contribution in [0, 0.1) is 11.8 Å². The second kappa shape index (κ2) is 6.35. The van der Waals surface area contributed by atoms with Crippen molar-refractivity contribution in [3.63, 3.8) is 0 Å². The van der Waals surface area contributed by atoms with E-state index >= 15 is 0 Å². The third-order valence-corrected chi connectivity index (χ3v) is 6.80. The molecule has 0 radical (unpaired) electrons. The summed E-state index contributed by atoms with van der Waals surface area (Å²) in [6.45, 7) is 10.6. The van der Waals surface area contributed by atoms with E-state index in [1.807, 2.05) is 12.1 Å². The molecule has 1 N–H and O–H groups in total. The van der Waals surface area contributed by atoms with Crippen LogP contribution in [0.1, 0.15) is 64.2 Å². The molecule has 3 heterocycles. The van der Waals surface area contributed by atoms with Gasteiger partial charge in [0.2, 0.25) is 0 Å². The summed E-state index contributed by atoms with van der Waals surface area (Å²) in [5, 5.41) is 11.1. The molecule has 0 spiro atoms. The summed E-state index contributed by atoms with van der Waals surface area (Å²) in [6, 6.07) is 6.58. The summed E-state index contributed by atoms with van der Waals surface area (Å²) in [6.07, 6.45) is 4.83. The van der Waals surface area contributed by atoms with Crippen molar-refractivity contribution in [2.45, 2.75) is 71.4 Å². The minimum absolute atomic E-state index is 0.332. The largest absolute Gasteiger partial charge is 0.508 e. The molecule has 0 amide bonds. The number of phenolic OH excluding ortho intramolecular Hbond substituents is 1. The second-order valence-electron chi connectivity index (χ2n) is 8.57. The zero-order valence-corrected chi connectivity index (χ0v) is 16.0. The Morgan fingerprint density at radius 1 is 1.32 bits per heavy atom. The lowest BCUT2D eigenvalue weighted by Gasteiger charge is -2.44. The number of rotatable bonds is 3. The monoisotopic (exact) mass is 341 g/mol. The number of hydrogen-bond donors (Lipinski definition) is 1. The maximum absolute atomic E-state index is 9.94. The average molecular weight is 341 g/mol. The van der Waals surface area contributed by atoms with Crippen LogP contribution in [-0.2, 0) is 6.42 Å². The van der Waals surface area contributed by atoms with E-state index in [4.69, 9.17) is 4.42 Å². The molecule has 2 aromatic rings. The number of furan rings is 1. The van der Waals surface area contributed by atoms with Gasteiger partial charge in [-0.2, -0.15) is 0 Å². The molecule has 2 bridgehead atoms. The van der Waals surface area contributed by atoms with Gasteiger partial charge < -0.3 is 9.52 Å². The maximum atomic E-state index is 9.94.